The Bertz CT molecular complexity index is 111. The maximum absolute atomic E-state index is 9.46. The zero-order valence-corrected chi connectivity index (χ0v) is 6.31. The minimum absolute atomic E-state index is 0.0700. The molecule has 0 saturated carbocycles. The molecule has 0 amide bonds. The molecule has 0 aromatic heterocycles. The molecule has 0 bridgehead atoms. The first-order valence-corrected chi connectivity index (χ1v) is 3.47. The Kier molecular flexibility index (Phi) is 1.53. The van der Waals surface area contributed by atoms with Crippen molar-refractivity contribution >= 4 is 0 Å². The van der Waals surface area contributed by atoms with Crippen LogP contribution in [0.2, 0.25) is 0 Å². The van der Waals surface area contributed by atoms with Gasteiger partial charge in [-0.3, -0.25) is 0 Å². The molecule has 0 radical (unpaired) electrons. The van der Waals surface area contributed by atoms with Crippen molar-refractivity contribution in [3.63, 3.8) is 0 Å². The minimum atomic E-state index is -0.183. The van der Waals surface area contributed by atoms with Crippen LogP contribution in [0.5, 0.6) is 0 Å². The van der Waals surface area contributed by atoms with Crippen molar-refractivity contribution in [1.29, 1.82) is 0 Å². The second-order valence-corrected chi connectivity index (χ2v) is 3.52. The van der Waals surface area contributed by atoms with E-state index in [0.717, 1.165) is 6.54 Å². The average molecular weight is 129 g/mol. The van der Waals surface area contributed by atoms with Crippen LogP contribution in [0.3, 0.4) is 0 Å². The molecule has 0 aromatic rings. The summed E-state index contributed by atoms with van der Waals surface area (Å²) in [6, 6.07) is 0. The SMILES string of the molecule is C[C@H]1CNC(C)(C)[C@H]1O. The van der Waals surface area contributed by atoms with Gasteiger partial charge in [0.1, 0.15) is 0 Å². The predicted molar refractivity (Wildman–Crippen MR) is 37.3 cm³/mol. The highest BCUT2D eigenvalue weighted by Gasteiger charge is 2.37. The van der Waals surface area contributed by atoms with Crippen LogP contribution in [0, 0.1) is 5.92 Å². The van der Waals surface area contributed by atoms with Gasteiger partial charge in [-0.1, -0.05) is 6.92 Å². The summed E-state index contributed by atoms with van der Waals surface area (Å²) in [6.07, 6.45) is -0.183. The lowest BCUT2D eigenvalue weighted by Gasteiger charge is -2.23. The van der Waals surface area contributed by atoms with Gasteiger partial charge in [0, 0.05) is 12.1 Å². The molecule has 1 heterocycles. The Morgan fingerprint density at radius 1 is 1.56 bits per heavy atom. The Hall–Kier alpha value is -0.0800. The first-order valence-electron chi connectivity index (χ1n) is 3.47. The smallest absolute Gasteiger partial charge is 0.0753 e. The Morgan fingerprint density at radius 3 is 2.22 bits per heavy atom. The maximum atomic E-state index is 9.46. The van der Waals surface area contributed by atoms with E-state index < -0.39 is 0 Å². The van der Waals surface area contributed by atoms with E-state index in [9.17, 15) is 5.11 Å². The van der Waals surface area contributed by atoms with Gasteiger partial charge in [-0.05, 0) is 19.8 Å². The van der Waals surface area contributed by atoms with Crippen LogP contribution in [0.4, 0.5) is 0 Å². The number of hydrogen-bond donors (Lipinski definition) is 2. The monoisotopic (exact) mass is 129 g/mol. The molecule has 1 saturated heterocycles. The molecular weight excluding hydrogens is 114 g/mol. The molecule has 2 N–H and O–H groups in total. The molecule has 0 aromatic carbocycles. The molecule has 0 aliphatic carbocycles. The van der Waals surface area contributed by atoms with Crippen LogP contribution in [0.1, 0.15) is 20.8 Å². The summed E-state index contributed by atoms with van der Waals surface area (Å²) in [5.74, 6) is 0.403. The van der Waals surface area contributed by atoms with E-state index in [1.165, 1.54) is 0 Å². The van der Waals surface area contributed by atoms with E-state index in [1.54, 1.807) is 0 Å². The van der Waals surface area contributed by atoms with Crippen molar-refractivity contribution in [3.8, 4) is 0 Å². The van der Waals surface area contributed by atoms with E-state index in [4.69, 9.17) is 0 Å². The number of rotatable bonds is 0. The van der Waals surface area contributed by atoms with Crippen LogP contribution in [0.15, 0.2) is 0 Å². The van der Waals surface area contributed by atoms with Crippen LogP contribution in [-0.2, 0) is 0 Å². The van der Waals surface area contributed by atoms with E-state index >= 15 is 0 Å². The standard InChI is InChI=1S/C7H15NO/c1-5-4-8-7(2,3)6(5)9/h5-6,8-9H,4H2,1-3H3/t5-,6-/m0/s1. The average Bonchev–Trinajstić information content (AvgIpc) is 1.97. The molecule has 1 rings (SSSR count). The lowest BCUT2D eigenvalue weighted by molar-refractivity contribution is 0.0888. The molecule has 2 nitrogen and oxygen atoms in total. The van der Waals surface area contributed by atoms with Crippen molar-refractivity contribution in [1.82, 2.24) is 5.32 Å². The normalized spacial score (nSPS) is 41.3. The van der Waals surface area contributed by atoms with Gasteiger partial charge in [-0.2, -0.15) is 0 Å². The summed E-state index contributed by atoms with van der Waals surface area (Å²) < 4.78 is 0. The van der Waals surface area contributed by atoms with Gasteiger partial charge >= 0.3 is 0 Å². The van der Waals surface area contributed by atoms with Crippen LogP contribution in [-0.4, -0.2) is 23.3 Å². The quantitative estimate of drug-likeness (QED) is 0.495. The third kappa shape index (κ3) is 1.10. The van der Waals surface area contributed by atoms with Gasteiger partial charge in [0.25, 0.3) is 0 Å². The van der Waals surface area contributed by atoms with Gasteiger partial charge in [0.2, 0.25) is 0 Å². The zero-order chi connectivity index (χ0) is 7.07. The lowest BCUT2D eigenvalue weighted by Crippen LogP contribution is -2.41. The molecular formula is C7H15NO. The summed E-state index contributed by atoms with van der Waals surface area (Å²) in [5, 5.41) is 12.7. The third-order valence-electron chi connectivity index (χ3n) is 2.16. The number of hydrogen-bond acceptors (Lipinski definition) is 2. The molecule has 1 fully saturated rings. The first kappa shape index (κ1) is 7.03. The van der Waals surface area contributed by atoms with Crippen LogP contribution in [0.25, 0.3) is 0 Å². The second kappa shape index (κ2) is 1.96. The van der Waals surface area contributed by atoms with Crippen molar-refractivity contribution in [2.24, 2.45) is 5.92 Å². The van der Waals surface area contributed by atoms with Crippen LogP contribution >= 0.6 is 0 Å². The Labute approximate surface area is 56.3 Å². The summed E-state index contributed by atoms with van der Waals surface area (Å²) in [7, 11) is 0. The molecule has 9 heavy (non-hydrogen) atoms. The van der Waals surface area contributed by atoms with Gasteiger partial charge in [-0.25, -0.2) is 0 Å². The topological polar surface area (TPSA) is 32.3 Å². The highest BCUT2D eigenvalue weighted by Crippen LogP contribution is 2.22. The predicted octanol–water partition coefficient (Wildman–Crippen LogP) is 0.365. The molecule has 0 spiro atoms. The molecule has 1 aliphatic heterocycles. The summed E-state index contributed by atoms with van der Waals surface area (Å²) in [6.45, 7) is 7.06. The van der Waals surface area contributed by atoms with E-state index in [1.807, 2.05) is 13.8 Å². The summed E-state index contributed by atoms with van der Waals surface area (Å²) >= 11 is 0. The lowest BCUT2D eigenvalue weighted by atomic mass is 9.94. The first-order chi connectivity index (χ1) is 4.04. The highest BCUT2D eigenvalue weighted by atomic mass is 16.3. The number of nitrogens with one attached hydrogen (secondary N) is 1. The fourth-order valence-electron chi connectivity index (χ4n) is 1.35. The number of aliphatic hydroxyl groups excluding tert-OH is 1. The molecule has 2 atom stereocenters. The summed E-state index contributed by atoms with van der Waals surface area (Å²) in [4.78, 5) is 0. The largest absolute Gasteiger partial charge is 0.391 e. The van der Waals surface area contributed by atoms with Gasteiger partial charge in [0.05, 0.1) is 6.10 Å². The van der Waals surface area contributed by atoms with Gasteiger partial charge in [0.15, 0.2) is 0 Å². The van der Waals surface area contributed by atoms with E-state index in [0.29, 0.717) is 5.92 Å². The molecule has 2 heteroatoms. The highest BCUT2D eigenvalue weighted by molar-refractivity contribution is 4.95. The van der Waals surface area contributed by atoms with Gasteiger partial charge in [-0.15, -0.1) is 0 Å². The zero-order valence-electron chi connectivity index (χ0n) is 6.31. The molecule has 54 valence electrons. The summed E-state index contributed by atoms with van der Waals surface area (Å²) in [5.41, 5.74) is -0.0700. The van der Waals surface area contributed by atoms with E-state index in [-0.39, 0.29) is 11.6 Å². The maximum Gasteiger partial charge on any atom is 0.0753 e. The molecule has 0 unspecified atom stereocenters. The van der Waals surface area contributed by atoms with Gasteiger partial charge < -0.3 is 10.4 Å². The second-order valence-electron chi connectivity index (χ2n) is 3.52. The number of aliphatic hydroxyl groups is 1. The van der Waals surface area contributed by atoms with Crippen molar-refractivity contribution in [3.05, 3.63) is 0 Å². The fraction of sp³-hybridized carbons (Fsp3) is 1.00. The van der Waals surface area contributed by atoms with E-state index in [2.05, 4.69) is 12.2 Å². The Morgan fingerprint density at radius 2 is 2.11 bits per heavy atom. The minimum Gasteiger partial charge on any atom is -0.391 e. The Balaban J connectivity index is 2.62. The van der Waals surface area contributed by atoms with Crippen molar-refractivity contribution in [2.75, 3.05) is 6.54 Å². The molecule has 1 aliphatic rings. The van der Waals surface area contributed by atoms with Crippen molar-refractivity contribution < 1.29 is 5.11 Å². The van der Waals surface area contributed by atoms with Crippen LogP contribution < -0.4 is 5.32 Å². The van der Waals surface area contributed by atoms with Crippen molar-refractivity contribution in [2.45, 2.75) is 32.4 Å². The third-order valence-corrected chi connectivity index (χ3v) is 2.16. The fourth-order valence-corrected chi connectivity index (χ4v) is 1.35.